The number of hydrogen-bond acceptors (Lipinski definition) is 2. The molecule has 0 radical (unpaired) electrons. The van der Waals surface area contributed by atoms with Crippen LogP contribution in [0.3, 0.4) is 0 Å². The van der Waals surface area contributed by atoms with Crippen molar-refractivity contribution in [2.75, 3.05) is 18.5 Å². The van der Waals surface area contributed by atoms with Gasteiger partial charge in [0.05, 0.1) is 17.4 Å². The third-order valence-electron chi connectivity index (χ3n) is 5.71. The monoisotopic (exact) mass is 317 g/mol. The molecule has 0 fully saturated rings. The van der Waals surface area contributed by atoms with Crippen molar-refractivity contribution in [3.8, 4) is 0 Å². The van der Waals surface area contributed by atoms with Crippen LogP contribution in [0, 0.1) is 0 Å². The predicted molar refractivity (Wildman–Crippen MR) is 98.9 cm³/mol. The standard InChI is InChI=1S/C21H23N3/c1-23-9-8-18-10-15(6-7-20(18)23)13-24-14-22-19-11-16-4-2-3-5-17(16)12-21(19)24/h6-7,10-12,14H,2-5,8-9,13H2,1H3. The first-order valence-electron chi connectivity index (χ1n) is 9.07. The van der Waals surface area contributed by atoms with E-state index in [0.717, 1.165) is 25.0 Å². The highest BCUT2D eigenvalue weighted by atomic mass is 15.1. The molecule has 0 unspecified atom stereocenters. The second-order valence-electron chi connectivity index (χ2n) is 7.32. The molecule has 2 aliphatic rings. The van der Waals surface area contributed by atoms with Gasteiger partial charge in [0.2, 0.25) is 0 Å². The second kappa shape index (κ2) is 5.37. The summed E-state index contributed by atoms with van der Waals surface area (Å²) in [6.07, 6.45) is 8.26. The largest absolute Gasteiger partial charge is 0.374 e. The molecule has 122 valence electrons. The Morgan fingerprint density at radius 3 is 2.67 bits per heavy atom. The summed E-state index contributed by atoms with van der Waals surface area (Å²) in [5.41, 5.74) is 9.73. The first kappa shape index (κ1) is 14.1. The predicted octanol–water partition coefficient (Wildman–Crippen LogP) is 3.96. The van der Waals surface area contributed by atoms with Crippen molar-refractivity contribution in [1.82, 2.24) is 9.55 Å². The molecular weight excluding hydrogens is 294 g/mol. The highest BCUT2D eigenvalue weighted by Crippen LogP contribution is 2.29. The third kappa shape index (κ3) is 2.22. The first-order valence-corrected chi connectivity index (χ1v) is 9.07. The Morgan fingerprint density at radius 1 is 0.958 bits per heavy atom. The van der Waals surface area contributed by atoms with E-state index >= 15 is 0 Å². The van der Waals surface area contributed by atoms with Gasteiger partial charge in [-0.2, -0.15) is 0 Å². The topological polar surface area (TPSA) is 21.1 Å². The van der Waals surface area contributed by atoms with Crippen LogP contribution in [0.2, 0.25) is 0 Å². The number of aromatic nitrogens is 2. The van der Waals surface area contributed by atoms with Crippen LogP contribution in [-0.4, -0.2) is 23.1 Å². The third-order valence-corrected chi connectivity index (χ3v) is 5.71. The number of fused-ring (bicyclic) bond motifs is 3. The zero-order valence-electron chi connectivity index (χ0n) is 14.3. The molecule has 0 amide bonds. The first-order chi connectivity index (χ1) is 11.8. The quantitative estimate of drug-likeness (QED) is 0.713. The normalized spacial score (nSPS) is 16.5. The Morgan fingerprint density at radius 2 is 1.79 bits per heavy atom. The minimum atomic E-state index is 0.909. The number of imidazole rings is 1. The summed E-state index contributed by atoms with van der Waals surface area (Å²) in [6.45, 7) is 2.05. The lowest BCUT2D eigenvalue weighted by Crippen LogP contribution is -2.12. The van der Waals surface area contributed by atoms with Gasteiger partial charge < -0.3 is 9.47 Å². The van der Waals surface area contributed by atoms with Gasteiger partial charge in [0.1, 0.15) is 0 Å². The van der Waals surface area contributed by atoms with Crippen LogP contribution in [0.5, 0.6) is 0 Å². The van der Waals surface area contributed by atoms with Gasteiger partial charge in [-0.05, 0) is 72.6 Å². The lowest BCUT2D eigenvalue weighted by molar-refractivity contribution is 0.686. The molecule has 0 bridgehead atoms. The smallest absolute Gasteiger partial charge is 0.0961 e. The van der Waals surface area contributed by atoms with E-state index in [1.807, 2.05) is 6.33 Å². The number of nitrogens with zero attached hydrogens (tertiary/aromatic N) is 3. The maximum Gasteiger partial charge on any atom is 0.0961 e. The molecule has 3 nitrogen and oxygen atoms in total. The molecule has 3 aromatic rings. The maximum absolute atomic E-state index is 4.66. The van der Waals surface area contributed by atoms with E-state index in [0.29, 0.717) is 0 Å². The molecular formula is C21H23N3. The van der Waals surface area contributed by atoms with E-state index in [2.05, 4.69) is 51.8 Å². The SMILES string of the molecule is CN1CCc2cc(Cn3cnc4cc5c(cc43)CCCC5)ccc21. The Labute approximate surface area is 142 Å². The molecule has 1 aliphatic heterocycles. The molecule has 0 spiro atoms. The molecule has 1 aliphatic carbocycles. The van der Waals surface area contributed by atoms with Gasteiger partial charge in [-0.3, -0.25) is 0 Å². The minimum absolute atomic E-state index is 0.909. The van der Waals surface area contributed by atoms with Gasteiger partial charge >= 0.3 is 0 Å². The molecule has 24 heavy (non-hydrogen) atoms. The van der Waals surface area contributed by atoms with Crippen molar-refractivity contribution in [2.24, 2.45) is 0 Å². The van der Waals surface area contributed by atoms with E-state index in [-0.39, 0.29) is 0 Å². The average Bonchev–Trinajstić information content (AvgIpc) is 3.17. The Hall–Kier alpha value is -2.29. The molecule has 0 N–H and O–H groups in total. The van der Waals surface area contributed by atoms with Gasteiger partial charge in [0, 0.05) is 25.8 Å². The summed E-state index contributed by atoms with van der Waals surface area (Å²) in [5.74, 6) is 0. The maximum atomic E-state index is 4.66. The highest BCUT2D eigenvalue weighted by Gasteiger charge is 2.16. The van der Waals surface area contributed by atoms with Crippen LogP contribution in [-0.2, 0) is 25.8 Å². The van der Waals surface area contributed by atoms with Crippen molar-refractivity contribution >= 4 is 16.7 Å². The van der Waals surface area contributed by atoms with Gasteiger partial charge in [-0.1, -0.05) is 12.1 Å². The summed E-state index contributed by atoms with van der Waals surface area (Å²) in [6, 6.07) is 11.6. The van der Waals surface area contributed by atoms with E-state index in [1.54, 1.807) is 0 Å². The average molecular weight is 317 g/mol. The van der Waals surface area contributed by atoms with Gasteiger partial charge in [0.15, 0.2) is 0 Å². The highest BCUT2D eigenvalue weighted by molar-refractivity contribution is 5.77. The van der Waals surface area contributed by atoms with Crippen molar-refractivity contribution in [2.45, 2.75) is 38.6 Å². The van der Waals surface area contributed by atoms with E-state index < -0.39 is 0 Å². The van der Waals surface area contributed by atoms with Crippen LogP contribution in [0.1, 0.15) is 35.1 Å². The van der Waals surface area contributed by atoms with E-state index in [1.165, 1.54) is 59.1 Å². The van der Waals surface area contributed by atoms with Crippen LogP contribution in [0.4, 0.5) is 5.69 Å². The number of hydrogen-bond donors (Lipinski definition) is 0. The van der Waals surface area contributed by atoms with E-state index in [4.69, 9.17) is 0 Å². The number of anilines is 1. The Kier molecular flexibility index (Phi) is 3.15. The molecule has 3 heteroatoms. The summed E-state index contributed by atoms with van der Waals surface area (Å²) in [7, 11) is 2.18. The summed E-state index contributed by atoms with van der Waals surface area (Å²) in [4.78, 5) is 7.01. The molecule has 2 aromatic carbocycles. The zero-order chi connectivity index (χ0) is 16.1. The van der Waals surface area contributed by atoms with Gasteiger partial charge in [0.25, 0.3) is 0 Å². The summed E-state index contributed by atoms with van der Waals surface area (Å²) < 4.78 is 2.31. The number of benzene rings is 2. The molecule has 0 atom stereocenters. The van der Waals surface area contributed by atoms with Gasteiger partial charge in [-0.25, -0.2) is 4.98 Å². The fourth-order valence-corrected chi connectivity index (χ4v) is 4.33. The number of aryl methyl sites for hydroxylation is 2. The molecule has 2 heterocycles. The Balaban J connectivity index is 1.51. The zero-order valence-corrected chi connectivity index (χ0v) is 14.3. The molecule has 0 saturated heterocycles. The lowest BCUT2D eigenvalue weighted by Gasteiger charge is -2.16. The summed E-state index contributed by atoms with van der Waals surface area (Å²) >= 11 is 0. The molecule has 1 aromatic heterocycles. The van der Waals surface area contributed by atoms with Crippen LogP contribution in [0.15, 0.2) is 36.7 Å². The Bertz CT molecular complexity index is 922. The van der Waals surface area contributed by atoms with Crippen molar-refractivity contribution in [3.63, 3.8) is 0 Å². The van der Waals surface area contributed by atoms with Crippen LogP contribution < -0.4 is 4.90 Å². The van der Waals surface area contributed by atoms with Gasteiger partial charge in [-0.15, -0.1) is 0 Å². The van der Waals surface area contributed by atoms with E-state index in [9.17, 15) is 0 Å². The summed E-state index contributed by atoms with van der Waals surface area (Å²) in [5, 5.41) is 0. The molecule has 0 saturated carbocycles. The fraction of sp³-hybridized carbons (Fsp3) is 0.381. The molecule has 5 rings (SSSR count). The van der Waals surface area contributed by atoms with Crippen molar-refractivity contribution in [1.29, 1.82) is 0 Å². The van der Waals surface area contributed by atoms with Crippen molar-refractivity contribution < 1.29 is 0 Å². The van der Waals surface area contributed by atoms with Crippen LogP contribution >= 0.6 is 0 Å². The van der Waals surface area contributed by atoms with Crippen molar-refractivity contribution in [3.05, 3.63) is 58.9 Å². The second-order valence-corrected chi connectivity index (χ2v) is 7.32. The van der Waals surface area contributed by atoms with Crippen LogP contribution in [0.25, 0.3) is 11.0 Å². The fourth-order valence-electron chi connectivity index (χ4n) is 4.33. The minimum Gasteiger partial charge on any atom is -0.374 e. The number of rotatable bonds is 2. The lowest BCUT2D eigenvalue weighted by atomic mass is 9.91. The number of likely N-dealkylation sites (N-methyl/N-ethyl adjacent to an activating group) is 1.